The highest BCUT2D eigenvalue weighted by Gasteiger charge is 2.44. The largest absolute Gasteiger partial charge is 0.478 e. The number of anilines is 1. The van der Waals surface area contributed by atoms with E-state index in [4.69, 9.17) is 32.5 Å². The van der Waals surface area contributed by atoms with Crippen molar-refractivity contribution in [2.75, 3.05) is 4.90 Å². The van der Waals surface area contributed by atoms with E-state index in [2.05, 4.69) is 10.1 Å². The maximum Gasteiger partial charge on any atom is 0.344 e. The van der Waals surface area contributed by atoms with E-state index < -0.39 is 17.8 Å². The van der Waals surface area contributed by atoms with Crippen molar-refractivity contribution in [2.45, 2.75) is 62.6 Å². The zero-order chi connectivity index (χ0) is 25.8. The minimum absolute atomic E-state index is 0.00264. The molecule has 0 radical (unpaired) electrons. The molecule has 2 bridgehead atoms. The maximum atomic E-state index is 14.2. The summed E-state index contributed by atoms with van der Waals surface area (Å²) in [6.45, 7) is 0. The zero-order valence-corrected chi connectivity index (χ0v) is 21.1. The van der Waals surface area contributed by atoms with Gasteiger partial charge < -0.3 is 19.3 Å². The third-order valence-corrected chi connectivity index (χ3v) is 8.09. The van der Waals surface area contributed by atoms with E-state index in [0.29, 0.717) is 39.9 Å². The average Bonchev–Trinajstić information content (AvgIpc) is 3.54. The number of carbonyl (C=O) groups excluding carboxylic acids is 1. The van der Waals surface area contributed by atoms with Gasteiger partial charge in [-0.15, -0.1) is 0 Å². The summed E-state index contributed by atoms with van der Waals surface area (Å²) < 4.78 is 25.8. The molecule has 1 aliphatic carbocycles. The number of nitrogens with zero attached hydrogens (tertiary/aromatic N) is 2. The fourth-order valence-electron chi connectivity index (χ4n) is 5.72. The highest BCUT2D eigenvalue weighted by atomic mass is 35.5. The van der Waals surface area contributed by atoms with Crippen LogP contribution in [0.4, 0.5) is 10.1 Å². The Bertz CT molecular complexity index is 1370. The van der Waals surface area contributed by atoms with Gasteiger partial charge in [-0.3, -0.25) is 0 Å². The van der Waals surface area contributed by atoms with Gasteiger partial charge in [0.2, 0.25) is 0 Å². The molecule has 3 aromatic rings. The molecule has 3 aliphatic rings. The smallest absolute Gasteiger partial charge is 0.344 e. The van der Waals surface area contributed by atoms with Crippen molar-refractivity contribution < 1.29 is 28.3 Å². The standard InChI is InChI=1S/C27H23Cl2FN2O5/c28-20-2-1-3-21(29)22(20)24-23(25(37-31-24)13-4-5-13)27(35)36-19-11-16-6-7-17(12-19)32(16)18-9-14(26(33)34)8-15(30)10-18/h1-3,8-10,13,16-17,19H,4-7,11-12H2,(H,33,34). The van der Waals surface area contributed by atoms with Crippen LogP contribution >= 0.6 is 23.2 Å². The van der Waals surface area contributed by atoms with Crippen LogP contribution in [0, 0.1) is 5.82 Å². The molecule has 192 valence electrons. The van der Waals surface area contributed by atoms with E-state index in [1.165, 1.54) is 12.1 Å². The molecule has 10 heteroatoms. The van der Waals surface area contributed by atoms with Gasteiger partial charge >= 0.3 is 11.9 Å². The number of benzene rings is 2. The summed E-state index contributed by atoms with van der Waals surface area (Å²) in [6, 6.07) is 8.96. The Morgan fingerprint density at radius 3 is 2.35 bits per heavy atom. The molecule has 37 heavy (non-hydrogen) atoms. The number of aromatic nitrogens is 1. The summed E-state index contributed by atoms with van der Waals surface area (Å²) in [5.41, 5.74) is 1.44. The van der Waals surface area contributed by atoms with Crippen molar-refractivity contribution in [3.8, 4) is 11.3 Å². The van der Waals surface area contributed by atoms with E-state index in [1.54, 1.807) is 18.2 Å². The number of piperidine rings is 1. The van der Waals surface area contributed by atoms with E-state index >= 15 is 0 Å². The highest BCUT2D eigenvalue weighted by molar-refractivity contribution is 6.39. The first-order valence-corrected chi connectivity index (χ1v) is 13.0. The quantitative estimate of drug-likeness (QED) is 0.344. The molecule has 3 heterocycles. The number of aromatic carboxylic acids is 1. The number of carboxylic acid groups (broad SMARTS) is 1. The summed E-state index contributed by atoms with van der Waals surface area (Å²) in [6.07, 6.45) is 4.24. The lowest BCUT2D eigenvalue weighted by Gasteiger charge is -2.40. The molecule has 1 aromatic heterocycles. The van der Waals surface area contributed by atoms with Gasteiger partial charge in [0, 0.05) is 42.1 Å². The van der Waals surface area contributed by atoms with Crippen LogP contribution < -0.4 is 4.90 Å². The van der Waals surface area contributed by atoms with E-state index in [9.17, 15) is 19.1 Å². The maximum absolute atomic E-state index is 14.2. The van der Waals surface area contributed by atoms with Gasteiger partial charge in [0.1, 0.15) is 23.2 Å². The molecule has 2 unspecified atom stereocenters. The molecule has 7 nitrogen and oxygen atoms in total. The Hall–Kier alpha value is -3.10. The Balaban J connectivity index is 1.25. The molecule has 2 aromatic carbocycles. The van der Waals surface area contributed by atoms with E-state index in [1.807, 2.05) is 0 Å². The Morgan fingerprint density at radius 1 is 1.05 bits per heavy atom. The van der Waals surface area contributed by atoms with Crippen LogP contribution in [-0.2, 0) is 4.74 Å². The second-order valence-corrected chi connectivity index (χ2v) is 10.8. The van der Waals surface area contributed by atoms with Crippen molar-refractivity contribution in [3.63, 3.8) is 0 Å². The summed E-state index contributed by atoms with van der Waals surface area (Å²) in [5.74, 6) is -1.68. The van der Waals surface area contributed by atoms with Gasteiger partial charge in [0.15, 0.2) is 5.76 Å². The fraction of sp³-hybridized carbons (Fsp3) is 0.370. The second-order valence-electron chi connectivity index (χ2n) is 9.94. The lowest BCUT2D eigenvalue weighted by molar-refractivity contribution is 0.0202. The number of hydrogen-bond acceptors (Lipinski definition) is 6. The van der Waals surface area contributed by atoms with Crippen LogP contribution in [0.25, 0.3) is 11.3 Å². The summed E-state index contributed by atoms with van der Waals surface area (Å²) >= 11 is 12.8. The van der Waals surface area contributed by atoms with E-state index in [0.717, 1.165) is 31.7 Å². The van der Waals surface area contributed by atoms with Gasteiger partial charge in [-0.2, -0.15) is 0 Å². The number of ether oxygens (including phenoxy) is 1. The molecule has 2 saturated heterocycles. The SMILES string of the molecule is O=C(O)c1cc(F)cc(N2C3CCC2CC(OC(=O)c2c(-c4c(Cl)cccc4Cl)noc2C2CC2)C3)c1. The molecular formula is C27H23Cl2FN2O5. The minimum atomic E-state index is -1.17. The predicted molar refractivity (Wildman–Crippen MR) is 135 cm³/mol. The number of hydrogen-bond donors (Lipinski definition) is 1. The lowest BCUT2D eigenvalue weighted by Crippen LogP contribution is -2.46. The number of rotatable bonds is 6. The van der Waals surface area contributed by atoms with Crippen LogP contribution in [0.3, 0.4) is 0 Å². The van der Waals surface area contributed by atoms with Crippen LogP contribution in [0.1, 0.15) is 70.9 Å². The van der Waals surface area contributed by atoms with Gasteiger partial charge in [-0.05, 0) is 56.0 Å². The summed E-state index contributed by atoms with van der Waals surface area (Å²) in [4.78, 5) is 27.1. The average molecular weight is 545 g/mol. The van der Waals surface area contributed by atoms with Gasteiger partial charge in [0.05, 0.1) is 15.6 Å². The minimum Gasteiger partial charge on any atom is -0.478 e. The van der Waals surface area contributed by atoms with Crippen molar-refractivity contribution in [2.24, 2.45) is 0 Å². The molecule has 0 spiro atoms. The lowest BCUT2D eigenvalue weighted by atomic mass is 9.98. The third-order valence-electron chi connectivity index (χ3n) is 7.46. The van der Waals surface area contributed by atoms with Crippen molar-refractivity contribution in [3.05, 3.63) is 69.1 Å². The normalized spacial score (nSPS) is 22.8. The molecule has 0 amide bonds. The van der Waals surface area contributed by atoms with Gasteiger partial charge in [0.25, 0.3) is 0 Å². The van der Waals surface area contributed by atoms with Crippen molar-refractivity contribution >= 4 is 40.8 Å². The van der Waals surface area contributed by atoms with Gasteiger partial charge in [-0.1, -0.05) is 34.4 Å². The first-order valence-electron chi connectivity index (χ1n) is 12.3. The molecule has 1 saturated carbocycles. The molecular weight excluding hydrogens is 522 g/mol. The highest BCUT2D eigenvalue weighted by Crippen LogP contribution is 2.47. The zero-order valence-electron chi connectivity index (χ0n) is 19.6. The molecule has 1 N–H and O–H groups in total. The van der Waals surface area contributed by atoms with Crippen LogP contribution in [-0.4, -0.2) is 40.4 Å². The number of fused-ring (bicyclic) bond motifs is 2. The Morgan fingerprint density at radius 2 is 1.73 bits per heavy atom. The first-order chi connectivity index (χ1) is 17.8. The number of carbonyl (C=O) groups is 2. The summed E-state index contributed by atoms with van der Waals surface area (Å²) in [7, 11) is 0. The van der Waals surface area contributed by atoms with Crippen LogP contribution in [0.5, 0.6) is 0 Å². The van der Waals surface area contributed by atoms with E-state index in [-0.39, 0.29) is 40.9 Å². The monoisotopic (exact) mass is 544 g/mol. The fourth-order valence-corrected chi connectivity index (χ4v) is 6.30. The molecule has 2 atom stereocenters. The van der Waals surface area contributed by atoms with Crippen molar-refractivity contribution in [1.29, 1.82) is 0 Å². The predicted octanol–water partition coefficient (Wildman–Crippen LogP) is 6.72. The van der Waals surface area contributed by atoms with Crippen molar-refractivity contribution in [1.82, 2.24) is 5.16 Å². The van der Waals surface area contributed by atoms with Crippen LogP contribution in [0.15, 0.2) is 40.9 Å². The molecule has 6 rings (SSSR count). The second kappa shape index (κ2) is 9.33. The number of esters is 1. The van der Waals surface area contributed by atoms with Crippen LogP contribution in [0.2, 0.25) is 10.0 Å². The Labute approximate surface area is 222 Å². The third kappa shape index (κ3) is 4.46. The Kier molecular flexibility index (Phi) is 6.12. The summed E-state index contributed by atoms with van der Waals surface area (Å²) in [5, 5.41) is 14.2. The number of carboxylic acids is 1. The first kappa shape index (κ1) is 24.2. The molecule has 3 fully saturated rings. The molecule has 2 aliphatic heterocycles. The topological polar surface area (TPSA) is 92.9 Å². The van der Waals surface area contributed by atoms with Gasteiger partial charge in [-0.25, -0.2) is 14.0 Å². The number of halogens is 3.